The second-order valence-electron chi connectivity index (χ2n) is 5.25. The number of halogens is 2. The molecule has 1 aromatic carbocycles. The SMILES string of the molecule is CCn1ccc(C(=O)N=c2sc3cc(F)cc(F)c3n2CC(=O)OC)n1. The molecule has 3 rings (SSSR count). The predicted molar refractivity (Wildman–Crippen MR) is 89.5 cm³/mol. The van der Waals surface area contributed by atoms with Crippen LogP contribution < -0.4 is 4.80 Å². The second kappa shape index (κ2) is 7.16. The molecule has 10 heteroatoms. The molecule has 7 nitrogen and oxygen atoms in total. The van der Waals surface area contributed by atoms with Crippen LogP contribution in [0.2, 0.25) is 0 Å². The van der Waals surface area contributed by atoms with Gasteiger partial charge in [0.25, 0.3) is 5.91 Å². The van der Waals surface area contributed by atoms with Crippen molar-refractivity contribution in [1.29, 1.82) is 0 Å². The summed E-state index contributed by atoms with van der Waals surface area (Å²) in [5.41, 5.74) is 0.0908. The predicted octanol–water partition coefficient (Wildman–Crippen LogP) is 2.11. The van der Waals surface area contributed by atoms with Gasteiger partial charge in [-0.05, 0) is 19.1 Å². The Morgan fingerprint density at radius 2 is 2.12 bits per heavy atom. The van der Waals surface area contributed by atoms with E-state index in [1.54, 1.807) is 10.9 Å². The Kier molecular flexibility index (Phi) is 4.94. The Balaban J connectivity index is 2.17. The Labute approximate surface area is 150 Å². The lowest BCUT2D eigenvalue weighted by molar-refractivity contribution is -0.141. The quantitative estimate of drug-likeness (QED) is 0.650. The average molecular weight is 380 g/mol. The van der Waals surface area contributed by atoms with Gasteiger partial charge < -0.3 is 9.30 Å². The summed E-state index contributed by atoms with van der Waals surface area (Å²) in [5, 5.41) is 4.06. The van der Waals surface area contributed by atoms with Gasteiger partial charge in [0.05, 0.1) is 17.3 Å². The number of aryl methyl sites for hydroxylation is 1. The third kappa shape index (κ3) is 3.40. The number of methoxy groups -OCH3 is 1. The van der Waals surface area contributed by atoms with E-state index in [-0.39, 0.29) is 27.3 Å². The average Bonchev–Trinajstić information content (AvgIpc) is 3.20. The summed E-state index contributed by atoms with van der Waals surface area (Å²) in [6.45, 7) is 2.09. The van der Waals surface area contributed by atoms with E-state index < -0.39 is 23.5 Å². The summed E-state index contributed by atoms with van der Waals surface area (Å²) in [5.74, 6) is -2.92. The fourth-order valence-electron chi connectivity index (χ4n) is 2.35. The summed E-state index contributed by atoms with van der Waals surface area (Å²) in [6.07, 6.45) is 1.63. The molecule has 136 valence electrons. The van der Waals surface area contributed by atoms with E-state index in [1.807, 2.05) is 6.92 Å². The highest BCUT2D eigenvalue weighted by atomic mass is 32.1. The van der Waals surface area contributed by atoms with E-state index >= 15 is 0 Å². The second-order valence-corrected chi connectivity index (χ2v) is 6.26. The van der Waals surface area contributed by atoms with Gasteiger partial charge in [0.1, 0.15) is 12.4 Å². The van der Waals surface area contributed by atoms with Gasteiger partial charge in [0.15, 0.2) is 16.3 Å². The molecule has 0 radical (unpaired) electrons. The molecule has 2 aromatic heterocycles. The molecule has 0 unspecified atom stereocenters. The van der Waals surface area contributed by atoms with Crippen LogP contribution in [-0.2, 0) is 22.6 Å². The molecular formula is C16H14F2N4O3S. The summed E-state index contributed by atoms with van der Waals surface area (Å²) in [6, 6.07) is 3.33. The van der Waals surface area contributed by atoms with Crippen molar-refractivity contribution in [2.24, 2.45) is 4.99 Å². The normalized spacial score (nSPS) is 11.9. The minimum Gasteiger partial charge on any atom is -0.468 e. The van der Waals surface area contributed by atoms with Crippen LogP contribution in [0.4, 0.5) is 8.78 Å². The van der Waals surface area contributed by atoms with E-state index in [2.05, 4.69) is 14.8 Å². The number of esters is 1. The molecule has 0 aliphatic heterocycles. The number of benzene rings is 1. The lowest BCUT2D eigenvalue weighted by Crippen LogP contribution is -2.23. The minimum absolute atomic E-state index is 0.0209. The third-order valence-corrected chi connectivity index (χ3v) is 4.62. The zero-order valence-corrected chi connectivity index (χ0v) is 14.7. The summed E-state index contributed by atoms with van der Waals surface area (Å²) in [7, 11) is 1.19. The number of aromatic nitrogens is 3. The molecule has 2 heterocycles. The van der Waals surface area contributed by atoms with Crippen molar-refractivity contribution in [3.05, 3.63) is 46.5 Å². The number of thiazole rings is 1. The van der Waals surface area contributed by atoms with E-state index in [1.165, 1.54) is 17.7 Å². The number of hydrogen-bond acceptors (Lipinski definition) is 5. The Morgan fingerprint density at radius 3 is 2.77 bits per heavy atom. The molecule has 0 bridgehead atoms. The summed E-state index contributed by atoms with van der Waals surface area (Å²) >= 11 is 0.893. The molecule has 26 heavy (non-hydrogen) atoms. The number of fused-ring (bicyclic) bond motifs is 1. The van der Waals surface area contributed by atoms with Crippen LogP contribution >= 0.6 is 11.3 Å². The standard InChI is InChI=1S/C16H14F2N4O3S/c1-3-21-5-4-11(20-21)15(24)19-16-22(8-13(23)25-2)14-10(18)6-9(17)7-12(14)26-16/h4-7H,3,8H2,1-2H3. The number of nitrogens with zero attached hydrogens (tertiary/aromatic N) is 4. The number of hydrogen-bond donors (Lipinski definition) is 0. The van der Waals surface area contributed by atoms with E-state index in [0.29, 0.717) is 12.6 Å². The van der Waals surface area contributed by atoms with Crippen LogP contribution in [0.15, 0.2) is 29.4 Å². The van der Waals surface area contributed by atoms with Crippen LogP contribution in [0.5, 0.6) is 0 Å². The maximum Gasteiger partial charge on any atom is 0.325 e. The van der Waals surface area contributed by atoms with Crippen molar-refractivity contribution < 1.29 is 23.1 Å². The van der Waals surface area contributed by atoms with Crippen molar-refractivity contribution in [3.63, 3.8) is 0 Å². The van der Waals surface area contributed by atoms with Crippen molar-refractivity contribution in [3.8, 4) is 0 Å². The van der Waals surface area contributed by atoms with Gasteiger partial charge >= 0.3 is 5.97 Å². The lowest BCUT2D eigenvalue weighted by Gasteiger charge is -2.04. The molecule has 0 atom stereocenters. The zero-order valence-electron chi connectivity index (χ0n) is 13.9. The van der Waals surface area contributed by atoms with Gasteiger partial charge in [-0.15, -0.1) is 0 Å². The first kappa shape index (κ1) is 17.9. The van der Waals surface area contributed by atoms with Gasteiger partial charge in [-0.2, -0.15) is 10.1 Å². The van der Waals surface area contributed by atoms with Crippen LogP contribution in [-0.4, -0.2) is 33.3 Å². The van der Waals surface area contributed by atoms with Crippen LogP contribution in [0, 0.1) is 11.6 Å². The maximum absolute atomic E-state index is 14.2. The first-order valence-corrected chi connectivity index (χ1v) is 8.42. The Hall–Kier alpha value is -2.88. The van der Waals surface area contributed by atoms with Crippen LogP contribution in [0.25, 0.3) is 10.2 Å². The van der Waals surface area contributed by atoms with Gasteiger partial charge in [0.2, 0.25) is 0 Å². The molecule has 0 spiro atoms. The summed E-state index contributed by atoms with van der Waals surface area (Å²) in [4.78, 5) is 28.0. The minimum atomic E-state index is -0.857. The number of rotatable bonds is 4. The number of ether oxygens (including phenoxy) is 1. The largest absolute Gasteiger partial charge is 0.468 e. The highest BCUT2D eigenvalue weighted by Gasteiger charge is 2.17. The van der Waals surface area contributed by atoms with E-state index in [9.17, 15) is 18.4 Å². The maximum atomic E-state index is 14.2. The molecule has 0 aliphatic rings. The highest BCUT2D eigenvalue weighted by molar-refractivity contribution is 7.16. The highest BCUT2D eigenvalue weighted by Crippen LogP contribution is 2.22. The molecule has 0 saturated carbocycles. The summed E-state index contributed by atoms with van der Waals surface area (Å²) < 4.78 is 35.3. The van der Waals surface area contributed by atoms with Gasteiger partial charge in [-0.1, -0.05) is 11.3 Å². The van der Waals surface area contributed by atoms with Crippen LogP contribution in [0.1, 0.15) is 17.4 Å². The Bertz CT molecular complexity index is 1070. The topological polar surface area (TPSA) is 78.5 Å². The smallest absolute Gasteiger partial charge is 0.325 e. The van der Waals surface area contributed by atoms with Crippen molar-refractivity contribution in [2.45, 2.75) is 20.0 Å². The van der Waals surface area contributed by atoms with Crippen molar-refractivity contribution in [1.82, 2.24) is 14.3 Å². The van der Waals surface area contributed by atoms with Crippen LogP contribution in [0.3, 0.4) is 0 Å². The molecule has 1 amide bonds. The third-order valence-electron chi connectivity index (χ3n) is 3.59. The molecular weight excluding hydrogens is 366 g/mol. The number of carbonyl (C=O) groups excluding carboxylic acids is 2. The van der Waals surface area contributed by atoms with Crippen molar-refractivity contribution in [2.75, 3.05) is 7.11 Å². The fourth-order valence-corrected chi connectivity index (χ4v) is 3.42. The van der Waals surface area contributed by atoms with E-state index in [0.717, 1.165) is 17.4 Å². The van der Waals surface area contributed by atoms with E-state index in [4.69, 9.17) is 0 Å². The molecule has 0 saturated heterocycles. The Morgan fingerprint density at radius 1 is 1.35 bits per heavy atom. The first-order chi connectivity index (χ1) is 12.4. The first-order valence-electron chi connectivity index (χ1n) is 7.60. The molecule has 0 fully saturated rings. The molecule has 0 N–H and O–H groups in total. The van der Waals surface area contributed by atoms with Gasteiger partial charge in [0, 0.05) is 18.8 Å². The number of amides is 1. The number of carbonyl (C=O) groups is 2. The molecule has 0 aliphatic carbocycles. The van der Waals surface area contributed by atoms with Crippen molar-refractivity contribution >= 4 is 33.4 Å². The fraction of sp³-hybridized carbons (Fsp3) is 0.250. The zero-order chi connectivity index (χ0) is 18.8. The van der Waals surface area contributed by atoms with Gasteiger partial charge in [-0.25, -0.2) is 8.78 Å². The molecule has 3 aromatic rings. The lowest BCUT2D eigenvalue weighted by atomic mass is 10.3. The monoisotopic (exact) mass is 380 g/mol. The van der Waals surface area contributed by atoms with Gasteiger partial charge in [-0.3, -0.25) is 14.3 Å².